The highest BCUT2D eigenvalue weighted by molar-refractivity contribution is 5.93. The van der Waals surface area contributed by atoms with Crippen molar-refractivity contribution in [3.63, 3.8) is 0 Å². The van der Waals surface area contributed by atoms with Crippen LogP contribution in [0.1, 0.15) is 6.92 Å². The standard InChI is InChI=1S/C9H12F2N4/c1-2-13-9(15-12)14-8-4-6(10)3-7(11)5-8/h3-5H,2,12H2,1H3,(H2,13,14,15). The van der Waals surface area contributed by atoms with E-state index in [0.29, 0.717) is 6.54 Å². The summed E-state index contributed by atoms with van der Waals surface area (Å²) < 4.78 is 25.6. The van der Waals surface area contributed by atoms with Gasteiger partial charge in [-0.15, -0.1) is 0 Å². The molecule has 1 aromatic carbocycles. The molecule has 0 unspecified atom stereocenters. The lowest BCUT2D eigenvalue weighted by atomic mass is 10.3. The van der Waals surface area contributed by atoms with Gasteiger partial charge in [0.2, 0.25) is 5.96 Å². The zero-order valence-electron chi connectivity index (χ0n) is 8.22. The van der Waals surface area contributed by atoms with Crippen molar-refractivity contribution in [1.29, 1.82) is 0 Å². The van der Waals surface area contributed by atoms with Crippen molar-refractivity contribution >= 4 is 11.6 Å². The van der Waals surface area contributed by atoms with Crippen molar-refractivity contribution < 1.29 is 8.78 Å². The quantitative estimate of drug-likeness (QED) is 0.300. The van der Waals surface area contributed by atoms with Gasteiger partial charge in [0.15, 0.2) is 0 Å². The topological polar surface area (TPSA) is 62.4 Å². The Bertz CT molecular complexity index is 345. The van der Waals surface area contributed by atoms with E-state index in [0.717, 1.165) is 18.2 Å². The predicted octanol–water partition coefficient (Wildman–Crippen LogP) is 1.22. The predicted molar refractivity (Wildman–Crippen MR) is 55.3 cm³/mol. The molecule has 0 aliphatic carbocycles. The third kappa shape index (κ3) is 3.51. The minimum absolute atomic E-state index is 0.248. The average Bonchev–Trinajstić information content (AvgIpc) is 2.15. The Kier molecular flexibility index (Phi) is 3.99. The van der Waals surface area contributed by atoms with Crippen molar-refractivity contribution in [2.24, 2.45) is 10.8 Å². The summed E-state index contributed by atoms with van der Waals surface area (Å²) in [5.74, 6) is 4.08. The lowest BCUT2D eigenvalue weighted by molar-refractivity contribution is 0.584. The molecule has 0 atom stereocenters. The maximum Gasteiger partial charge on any atom is 0.210 e. The molecule has 4 N–H and O–H groups in total. The van der Waals surface area contributed by atoms with Crippen molar-refractivity contribution in [2.45, 2.75) is 6.92 Å². The normalized spacial score (nSPS) is 11.3. The minimum Gasteiger partial charge on any atom is -0.325 e. The second kappa shape index (κ2) is 5.26. The van der Waals surface area contributed by atoms with Gasteiger partial charge < -0.3 is 5.32 Å². The number of rotatable bonds is 2. The summed E-state index contributed by atoms with van der Waals surface area (Å²) in [6.07, 6.45) is 0. The molecule has 1 rings (SSSR count). The first kappa shape index (κ1) is 11.4. The van der Waals surface area contributed by atoms with Crippen LogP contribution < -0.4 is 16.6 Å². The Balaban J connectivity index is 2.83. The van der Waals surface area contributed by atoms with Crippen molar-refractivity contribution in [1.82, 2.24) is 5.43 Å². The Labute approximate surface area is 86.2 Å². The first-order valence-electron chi connectivity index (χ1n) is 4.40. The van der Waals surface area contributed by atoms with Crippen molar-refractivity contribution in [3.8, 4) is 0 Å². The van der Waals surface area contributed by atoms with Crippen LogP contribution in [-0.2, 0) is 0 Å². The van der Waals surface area contributed by atoms with Gasteiger partial charge in [-0.2, -0.15) is 0 Å². The smallest absolute Gasteiger partial charge is 0.210 e. The number of hydrogen-bond acceptors (Lipinski definition) is 2. The maximum absolute atomic E-state index is 12.8. The number of aliphatic imine (C=N–C) groups is 1. The number of hydrogen-bond donors (Lipinski definition) is 3. The van der Waals surface area contributed by atoms with Gasteiger partial charge in [0.1, 0.15) is 11.6 Å². The van der Waals surface area contributed by atoms with Gasteiger partial charge in [0, 0.05) is 18.3 Å². The summed E-state index contributed by atoms with van der Waals surface area (Å²) in [6, 6.07) is 3.08. The molecule has 1 aromatic rings. The van der Waals surface area contributed by atoms with E-state index in [2.05, 4.69) is 15.7 Å². The Morgan fingerprint density at radius 3 is 2.40 bits per heavy atom. The molecule has 0 radical (unpaired) electrons. The molecule has 0 aromatic heterocycles. The highest BCUT2D eigenvalue weighted by atomic mass is 19.1. The van der Waals surface area contributed by atoms with E-state index in [1.807, 2.05) is 6.92 Å². The Morgan fingerprint density at radius 1 is 1.33 bits per heavy atom. The molecule has 0 aliphatic rings. The third-order valence-electron chi connectivity index (χ3n) is 1.58. The summed E-state index contributed by atoms with van der Waals surface area (Å²) in [4.78, 5) is 3.92. The fourth-order valence-electron chi connectivity index (χ4n) is 1.04. The van der Waals surface area contributed by atoms with Gasteiger partial charge >= 0.3 is 0 Å². The lowest BCUT2D eigenvalue weighted by Crippen LogP contribution is -2.36. The maximum atomic E-state index is 12.8. The molecule has 0 saturated heterocycles. The number of benzene rings is 1. The molecule has 0 saturated carbocycles. The van der Waals surface area contributed by atoms with Gasteiger partial charge in [-0.25, -0.2) is 14.6 Å². The van der Waals surface area contributed by atoms with Crippen LogP contribution in [0.25, 0.3) is 0 Å². The molecule has 0 heterocycles. The number of nitrogens with zero attached hydrogens (tertiary/aromatic N) is 1. The fourth-order valence-corrected chi connectivity index (χ4v) is 1.04. The number of anilines is 1. The largest absolute Gasteiger partial charge is 0.325 e. The summed E-state index contributed by atoms with van der Waals surface area (Å²) in [7, 11) is 0. The van der Waals surface area contributed by atoms with Crippen LogP contribution in [0.2, 0.25) is 0 Å². The summed E-state index contributed by atoms with van der Waals surface area (Å²) >= 11 is 0. The Hall–Kier alpha value is -1.69. The highest BCUT2D eigenvalue weighted by Gasteiger charge is 2.02. The van der Waals surface area contributed by atoms with E-state index in [9.17, 15) is 8.78 Å². The van der Waals surface area contributed by atoms with Crippen LogP contribution in [0, 0.1) is 11.6 Å². The van der Waals surface area contributed by atoms with E-state index < -0.39 is 11.6 Å². The van der Waals surface area contributed by atoms with Gasteiger partial charge in [-0.3, -0.25) is 10.4 Å². The fraction of sp³-hybridized carbons (Fsp3) is 0.222. The van der Waals surface area contributed by atoms with E-state index in [1.54, 1.807) is 0 Å². The number of nitrogens with two attached hydrogens (primary N) is 1. The third-order valence-corrected chi connectivity index (χ3v) is 1.58. The second-order valence-corrected chi connectivity index (χ2v) is 2.75. The zero-order valence-corrected chi connectivity index (χ0v) is 8.22. The van der Waals surface area contributed by atoms with E-state index in [1.165, 1.54) is 0 Å². The first-order chi connectivity index (χ1) is 7.15. The van der Waals surface area contributed by atoms with Crippen LogP contribution in [0.15, 0.2) is 23.2 Å². The molecule has 6 heteroatoms. The molecule has 0 aliphatic heterocycles. The van der Waals surface area contributed by atoms with E-state index in [-0.39, 0.29) is 11.6 Å². The number of halogens is 2. The van der Waals surface area contributed by atoms with E-state index >= 15 is 0 Å². The lowest BCUT2D eigenvalue weighted by Gasteiger charge is -2.08. The SMILES string of the molecule is CCN=C(NN)Nc1cc(F)cc(F)c1. The van der Waals surface area contributed by atoms with Crippen molar-refractivity contribution in [2.75, 3.05) is 11.9 Å². The second-order valence-electron chi connectivity index (χ2n) is 2.75. The molecule has 0 spiro atoms. The number of guanidine groups is 1. The highest BCUT2D eigenvalue weighted by Crippen LogP contribution is 2.12. The van der Waals surface area contributed by atoms with Crippen LogP contribution in [0.5, 0.6) is 0 Å². The van der Waals surface area contributed by atoms with Crippen molar-refractivity contribution in [3.05, 3.63) is 29.8 Å². The molecule has 0 fully saturated rings. The van der Waals surface area contributed by atoms with Gasteiger partial charge in [-0.05, 0) is 19.1 Å². The monoisotopic (exact) mass is 214 g/mol. The molecule has 0 bridgehead atoms. The van der Waals surface area contributed by atoms with Gasteiger partial charge in [0.25, 0.3) is 0 Å². The molecular weight excluding hydrogens is 202 g/mol. The van der Waals surface area contributed by atoms with E-state index in [4.69, 9.17) is 5.84 Å². The van der Waals surface area contributed by atoms with Gasteiger partial charge in [0.05, 0.1) is 0 Å². The number of nitrogens with one attached hydrogen (secondary N) is 2. The van der Waals surface area contributed by atoms with Crippen LogP contribution in [0.4, 0.5) is 14.5 Å². The number of hydrazine groups is 1. The van der Waals surface area contributed by atoms with Crippen LogP contribution in [0.3, 0.4) is 0 Å². The first-order valence-corrected chi connectivity index (χ1v) is 4.40. The minimum atomic E-state index is -0.662. The molecule has 0 amide bonds. The summed E-state index contributed by atoms with van der Waals surface area (Å²) in [5, 5.41) is 2.65. The summed E-state index contributed by atoms with van der Waals surface area (Å²) in [6.45, 7) is 2.31. The summed E-state index contributed by atoms with van der Waals surface area (Å²) in [5.41, 5.74) is 2.53. The average molecular weight is 214 g/mol. The van der Waals surface area contributed by atoms with Crippen LogP contribution in [-0.4, -0.2) is 12.5 Å². The molecule has 82 valence electrons. The molecule has 4 nitrogen and oxygen atoms in total. The van der Waals surface area contributed by atoms with Crippen LogP contribution >= 0.6 is 0 Å². The zero-order chi connectivity index (χ0) is 11.3. The Morgan fingerprint density at radius 2 is 1.93 bits per heavy atom. The molecular formula is C9H12F2N4. The molecule has 15 heavy (non-hydrogen) atoms. The van der Waals surface area contributed by atoms with Gasteiger partial charge in [-0.1, -0.05) is 0 Å².